The maximum absolute atomic E-state index is 12.9. The Morgan fingerprint density at radius 2 is 2.00 bits per heavy atom. The number of aromatic nitrogens is 3. The first-order valence-electron chi connectivity index (χ1n) is 8.80. The van der Waals surface area contributed by atoms with Crippen LogP contribution in [0, 0.1) is 12.8 Å². The minimum absolute atomic E-state index is 0.0312. The molecule has 6 heteroatoms. The zero-order chi connectivity index (χ0) is 18.4. The molecule has 0 spiro atoms. The summed E-state index contributed by atoms with van der Waals surface area (Å²) < 4.78 is 1.89. The average Bonchev–Trinajstić information content (AvgIpc) is 2.54. The van der Waals surface area contributed by atoms with Crippen LogP contribution < -0.4 is 5.56 Å². The van der Waals surface area contributed by atoms with E-state index >= 15 is 0 Å². The average molecular weight is 388 g/mol. The monoisotopic (exact) mass is 387 g/mol. The van der Waals surface area contributed by atoms with Crippen LogP contribution in [-0.4, -0.2) is 14.5 Å². The topological polar surface area (TPSA) is 47.8 Å². The Balaban J connectivity index is 2.00. The maximum atomic E-state index is 12.9. The second-order valence-electron chi connectivity index (χ2n) is 6.96. The maximum Gasteiger partial charge on any atom is 0.272 e. The summed E-state index contributed by atoms with van der Waals surface area (Å²) in [7, 11) is 0. The van der Waals surface area contributed by atoms with Crippen molar-refractivity contribution in [3.63, 3.8) is 0 Å². The Kier molecular flexibility index (Phi) is 4.49. The number of benzene rings is 1. The normalized spacial score (nSPS) is 15.8. The lowest BCUT2D eigenvalue weighted by Gasteiger charge is -2.33. The van der Waals surface area contributed by atoms with Crippen molar-refractivity contribution >= 4 is 34.2 Å². The highest BCUT2D eigenvalue weighted by atomic mass is 35.5. The van der Waals surface area contributed by atoms with Crippen LogP contribution in [0.25, 0.3) is 22.3 Å². The lowest BCUT2D eigenvalue weighted by atomic mass is 9.80. The van der Waals surface area contributed by atoms with Crippen LogP contribution in [0.4, 0.5) is 0 Å². The number of nitrogens with zero attached hydrogens (tertiary/aromatic N) is 3. The minimum Gasteiger partial charge on any atom is -0.302 e. The predicted molar refractivity (Wildman–Crippen MR) is 106 cm³/mol. The van der Waals surface area contributed by atoms with Gasteiger partial charge in [-0.3, -0.25) is 9.78 Å². The summed E-state index contributed by atoms with van der Waals surface area (Å²) >= 11 is 12.4. The Morgan fingerprint density at radius 1 is 1.23 bits per heavy atom. The van der Waals surface area contributed by atoms with E-state index < -0.39 is 0 Å². The Bertz CT molecular complexity index is 1060. The highest BCUT2D eigenvalue weighted by molar-refractivity contribution is 6.36. The molecular weight excluding hydrogens is 369 g/mol. The molecule has 0 saturated heterocycles. The van der Waals surface area contributed by atoms with Gasteiger partial charge in [-0.1, -0.05) is 29.6 Å². The van der Waals surface area contributed by atoms with Crippen molar-refractivity contribution in [1.29, 1.82) is 0 Å². The molecule has 1 saturated carbocycles. The molecule has 0 aliphatic heterocycles. The first-order chi connectivity index (χ1) is 12.5. The summed E-state index contributed by atoms with van der Waals surface area (Å²) in [4.78, 5) is 22.0. The van der Waals surface area contributed by atoms with Gasteiger partial charge in [-0.15, -0.1) is 0 Å². The van der Waals surface area contributed by atoms with Crippen molar-refractivity contribution in [3.05, 3.63) is 56.6 Å². The lowest BCUT2D eigenvalue weighted by Crippen LogP contribution is -2.33. The molecule has 1 aliphatic rings. The first kappa shape index (κ1) is 17.5. The Morgan fingerprint density at radius 3 is 2.65 bits per heavy atom. The molecule has 1 atom stereocenters. The predicted octanol–water partition coefficient (Wildman–Crippen LogP) is 5.43. The Labute approximate surface area is 161 Å². The minimum atomic E-state index is -0.0312. The van der Waals surface area contributed by atoms with Crippen molar-refractivity contribution in [2.75, 3.05) is 0 Å². The van der Waals surface area contributed by atoms with E-state index in [4.69, 9.17) is 23.2 Å². The standard InChI is InChI=1S/C20H19Cl2N3O/c1-11-20(26)25(12(2)13-4-3-5-13)17-8-9-23-18(19(17)24-11)15-7-6-14(21)10-16(15)22/h6-10,12-13H,3-5H2,1-2H3. The summed E-state index contributed by atoms with van der Waals surface area (Å²) in [6.45, 7) is 3.88. The fourth-order valence-corrected chi connectivity index (χ4v) is 4.16. The third-order valence-electron chi connectivity index (χ3n) is 5.40. The van der Waals surface area contributed by atoms with Gasteiger partial charge < -0.3 is 4.57 Å². The zero-order valence-electron chi connectivity index (χ0n) is 14.7. The fourth-order valence-electron chi connectivity index (χ4n) is 3.66. The van der Waals surface area contributed by atoms with Gasteiger partial charge in [0, 0.05) is 22.8 Å². The lowest BCUT2D eigenvalue weighted by molar-refractivity contribution is 0.222. The number of hydrogen-bond acceptors (Lipinski definition) is 3. The van der Waals surface area contributed by atoms with Crippen LogP contribution in [0.1, 0.15) is 37.9 Å². The molecule has 134 valence electrons. The van der Waals surface area contributed by atoms with E-state index in [0.717, 1.165) is 23.9 Å². The van der Waals surface area contributed by atoms with Gasteiger partial charge in [0.1, 0.15) is 11.2 Å². The van der Waals surface area contributed by atoms with Crippen LogP contribution in [0.2, 0.25) is 10.0 Å². The van der Waals surface area contributed by atoms with Crippen LogP contribution in [-0.2, 0) is 0 Å². The molecule has 0 radical (unpaired) electrons. The summed E-state index contributed by atoms with van der Waals surface area (Å²) in [6, 6.07) is 7.32. The fraction of sp³-hybridized carbons (Fsp3) is 0.350. The van der Waals surface area contributed by atoms with Gasteiger partial charge in [0.25, 0.3) is 5.56 Å². The number of rotatable bonds is 3. The first-order valence-corrected chi connectivity index (χ1v) is 9.56. The molecule has 1 aliphatic carbocycles. The van der Waals surface area contributed by atoms with Crippen molar-refractivity contribution in [2.45, 2.75) is 39.2 Å². The molecule has 4 rings (SSSR count). The largest absolute Gasteiger partial charge is 0.302 e. The van der Waals surface area contributed by atoms with Crippen LogP contribution in [0.3, 0.4) is 0 Å². The van der Waals surface area contributed by atoms with Gasteiger partial charge in [-0.05, 0) is 56.9 Å². The molecule has 0 bridgehead atoms. The molecule has 2 aromatic heterocycles. The second-order valence-corrected chi connectivity index (χ2v) is 7.80. The highest BCUT2D eigenvalue weighted by Crippen LogP contribution is 2.38. The second kappa shape index (κ2) is 6.67. The van der Waals surface area contributed by atoms with E-state index in [2.05, 4.69) is 16.9 Å². The van der Waals surface area contributed by atoms with Gasteiger partial charge in [0.15, 0.2) is 0 Å². The van der Waals surface area contributed by atoms with E-state index in [0.29, 0.717) is 32.9 Å². The number of pyridine rings is 1. The van der Waals surface area contributed by atoms with Gasteiger partial charge in [0.05, 0.1) is 16.2 Å². The van der Waals surface area contributed by atoms with Crippen molar-refractivity contribution < 1.29 is 0 Å². The van der Waals surface area contributed by atoms with Gasteiger partial charge in [-0.2, -0.15) is 0 Å². The Hall–Kier alpha value is -1.91. The smallest absolute Gasteiger partial charge is 0.272 e. The summed E-state index contributed by atoms with van der Waals surface area (Å²) in [5.41, 5.74) is 3.37. The van der Waals surface area contributed by atoms with Gasteiger partial charge in [-0.25, -0.2) is 4.98 Å². The molecule has 1 aromatic carbocycles. The zero-order valence-corrected chi connectivity index (χ0v) is 16.2. The molecule has 1 unspecified atom stereocenters. The number of halogens is 2. The van der Waals surface area contributed by atoms with E-state index in [1.807, 2.05) is 16.7 Å². The van der Waals surface area contributed by atoms with E-state index in [9.17, 15) is 4.79 Å². The molecule has 0 N–H and O–H groups in total. The SMILES string of the molecule is Cc1nc2c(-c3ccc(Cl)cc3Cl)nccc2n(C(C)C2CCC2)c1=O. The highest BCUT2D eigenvalue weighted by Gasteiger charge is 2.28. The summed E-state index contributed by atoms with van der Waals surface area (Å²) in [6.07, 6.45) is 5.27. The van der Waals surface area contributed by atoms with E-state index in [1.54, 1.807) is 25.3 Å². The van der Waals surface area contributed by atoms with Gasteiger partial charge in [0.2, 0.25) is 0 Å². The summed E-state index contributed by atoms with van der Waals surface area (Å²) in [5.74, 6) is 0.536. The molecular formula is C20H19Cl2N3O. The van der Waals surface area contributed by atoms with E-state index in [-0.39, 0.29) is 11.6 Å². The third kappa shape index (κ3) is 2.81. The van der Waals surface area contributed by atoms with Crippen LogP contribution in [0.15, 0.2) is 35.3 Å². The molecule has 26 heavy (non-hydrogen) atoms. The van der Waals surface area contributed by atoms with Crippen LogP contribution >= 0.6 is 23.2 Å². The van der Waals surface area contributed by atoms with Crippen LogP contribution in [0.5, 0.6) is 0 Å². The quantitative estimate of drug-likeness (QED) is 0.601. The molecule has 0 amide bonds. The molecule has 3 aromatic rings. The number of fused-ring (bicyclic) bond motifs is 1. The van der Waals surface area contributed by atoms with Crippen molar-refractivity contribution in [2.24, 2.45) is 5.92 Å². The van der Waals surface area contributed by atoms with Crippen molar-refractivity contribution in [1.82, 2.24) is 14.5 Å². The number of aryl methyl sites for hydroxylation is 1. The molecule has 1 fully saturated rings. The number of hydrogen-bond donors (Lipinski definition) is 0. The summed E-state index contributed by atoms with van der Waals surface area (Å²) in [5, 5.41) is 1.08. The van der Waals surface area contributed by atoms with Crippen molar-refractivity contribution in [3.8, 4) is 11.3 Å². The van der Waals surface area contributed by atoms with E-state index in [1.165, 1.54) is 6.42 Å². The van der Waals surface area contributed by atoms with Gasteiger partial charge >= 0.3 is 0 Å². The molecule has 4 nitrogen and oxygen atoms in total. The third-order valence-corrected chi connectivity index (χ3v) is 5.94. The molecule has 2 heterocycles.